The van der Waals surface area contributed by atoms with Crippen LogP contribution < -0.4 is 0 Å². The topological polar surface area (TPSA) is 17.1 Å². The minimum Gasteiger partial charge on any atom is -0.299 e. The van der Waals surface area contributed by atoms with Crippen LogP contribution in [0, 0.1) is 52.3 Å². The fraction of sp³-hybridized carbons (Fsp3) is 0.958. The number of hydrogen-bond donors (Lipinski definition) is 0. The van der Waals surface area contributed by atoms with Gasteiger partial charge in [0.15, 0.2) is 0 Å². The van der Waals surface area contributed by atoms with E-state index >= 15 is 0 Å². The predicted molar refractivity (Wildman–Crippen MR) is 104 cm³/mol. The molecule has 4 saturated carbocycles. The van der Waals surface area contributed by atoms with Crippen molar-refractivity contribution in [3.63, 3.8) is 0 Å². The van der Waals surface area contributed by atoms with E-state index in [0.29, 0.717) is 40.3 Å². The molecule has 25 heavy (non-hydrogen) atoms. The van der Waals surface area contributed by atoms with Crippen LogP contribution in [0.1, 0.15) is 92.4 Å². The summed E-state index contributed by atoms with van der Waals surface area (Å²) in [7, 11) is 0. The maximum absolute atomic E-state index is 13.1. The molecule has 8 atom stereocenters. The fourth-order valence-electron chi connectivity index (χ4n) is 8.40. The molecule has 0 saturated heterocycles. The van der Waals surface area contributed by atoms with E-state index in [9.17, 15) is 4.79 Å². The molecule has 0 spiro atoms. The molecule has 0 aromatic heterocycles. The van der Waals surface area contributed by atoms with E-state index in [1.807, 2.05) is 0 Å². The van der Waals surface area contributed by atoms with E-state index in [-0.39, 0.29) is 0 Å². The minimum absolute atomic E-state index is 0.291. The summed E-state index contributed by atoms with van der Waals surface area (Å²) in [5.74, 6) is 5.52. The van der Waals surface area contributed by atoms with Crippen molar-refractivity contribution in [3.05, 3.63) is 0 Å². The lowest BCUT2D eigenvalue weighted by molar-refractivity contribution is -0.127. The van der Waals surface area contributed by atoms with Crippen LogP contribution in [-0.2, 0) is 4.79 Å². The van der Waals surface area contributed by atoms with Crippen molar-refractivity contribution in [1.82, 2.24) is 0 Å². The van der Waals surface area contributed by atoms with E-state index in [4.69, 9.17) is 0 Å². The van der Waals surface area contributed by atoms with Gasteiger partial charge in [0.2, 0.25) is 0 Å². The van der Waals surface area contributed by atoms with E-state index in [1.165, 1.54) is 51.4 Å². The van der Waals surface area contributed by atoms with Gasteiger partial charge >= 0.3 is 0 Å². The summed E-state index contributed by atoms with van der Waals surface area (Å²) in [6, 6.07) is 0. The molecular formula is C24H40O. The zero-order chi connectivity index (χ0) is 18.0. The molecule has 0 radical (unpaired) electrons. The van der Waals surface area contributed by atoms with Gasteiger partial charge in [-0.2, -0.15) is 0 Å². The van der Waals surface area contributed by atoms with Crippen LogP contribution in [0.4, 0.5) is 0 Å². The van der Waals surface area contributed by atoms with Crippen molar-refractivity contribution < 1.29 is 4.79 Å². The molecule has 0 bridgehead atoms. The van der Waals surface area contributed by atoms with E-state index < -0.39 is 0 Å². The Bertz CT molecular complexity index is 536. The van der Waals surface area contributed by atoms with Gasteiger partial charge in [0.1, 0.15) is 5.78 Å². The van der Waals surface area contributed by atoms with Crippen molar-refractivity contribution in [3.8, 4) is 0 Å². The molecule has 0 aromatic carbocycles. The molecule has 0 N–H and O–H groups in total. The quantitative estimate of drug-likeness (QED) is 0.558. The zero-order valence-corrected chi connectivity index (χ0v) is 17.3. The van der Waals surface area contributed by atoms with Gasteiger partial charge in [-0.05, 0) is 84.9 Å². The van der Waals surface area contributed by atoms with Crippen molar-refractivity contribution in [2.24, 2.45) is 52.3 Å². The number of hydrogen-bond acceptors (Lipinski definition) is 1. The van der Waals surface area contributed by atoms with Gasteiger partial charge in [-0.3, -0.25) is 4.79 Å². The van der Waals surface area contributed by atoms with Crippen molar-refractivity contribution in [2.75, 3.05) is 0 Å². The van der Waals surface area contributed by atoms with Crippen molar-refractivity contribution in [2.45, 2.75) is 92.4 Å². The normalized spacial score (nSPS) is 51.0. The van der Waals surface area contributed by atoms with Crippen LogP contribution in [0.2, 0.25) is 0 Å². The van der Waals surface area contributed by atoms with Crippen molar-refractivity contribution >= 4 is 5.78 Å². The zero-order valence-electron chi connectivity index (χ0n) is 17.3. The lowest BCUT2D eigenvalue weighted by atomic mass is 9.44. The van der Waals surface area contributed by atoms with Gasteiger partial charge in [-0.15, -0.1) is 0 Å². The second-order valence-electron chi connectivity index (χ2n) is 11.2. The maximum atomic E-state index is 13.1. The molecule has 4 fully saturated rings. The van der Waals surface area contributed by atoms with Crippen LogP contribution >= 0.6 is 0 Å². The Balaban J connectivity index is 1.64. The average molecular weight is 345 g/mol. The first-order chi connectivity index (χ1) is 11.8. The molecule has 4 aliphatic carbocycles. The maximum Gasteiger partial charge on any atom is 0.137 e. The third-order valence-electron chi connectivity index (χ3n) is 10.1. The average Bonchev–Trinajstić information content (AvgIpc) is 2.83. The molecule has 0 amide bonds. The Labute approximate surface area is 155 Å². The lowest BCUT2D eigenvalue weighted by Crippen LogP contribution is -2.53. The minimum atomic E-state index is 0.291. The number of ketones is 1. The largest absolute Gasteiger partial charge is 0.299 e. The number of Topliss-reactive ketones (excluding diaryl/α,β-unsaturated/α-hetero) is 1. The molecule has 142 valence electrons. The van der Waals surface area contributed by atoms with Crippen LogP contribution in [0.15, 0.2) is 0 Å². The highest BCUT2D eigenvalue weighted by atomic mass is 16.1. The lowest BCUT2D eigenvalue weighted by Gasteiger charge is -2.60. The summed E-state index contributed by atoms with van der Waals surface area (Å²) in [6.45, 7) is 12.1. The Morgan fingerprint density at radius 2 is 1.64 bits per heavy atom. The standard InChI is InChI=1S/C24H40O/c1-15(2)16(3)22-21(25)14-20-18-10-9-17-8-6-7-12-23(17,4)19(18)11-13-24(20,22)5/h15-20,22H,6-14H2,1-5H3. The van der Waals surface area contributed by atoms with Gasteiger partial charge in [0.25, 0.3) is 0 Å². The molecule has 8 unspecified atom stereocenters. The molecule has 0 aliphatic heterocycles. The number of fused-ring (bicyclic) bond motifs is 5. The molecule has 1 nitrogen and oxygen atoms in total. The van der Waals surface area contributed by atoms with Gasteiger partial charge in [-0.25, -0.2) is 0 Å². The molecule has 1 heteroatoms. The molecule has 0 heterocycles. The van der Waals surface area contributed by atoms with Crippen LogP contribution in [0.5, 0.6) is 0 Å². The Morgan fingerprint density at radius 1 is 0.880 bits per heavy atom. The van der Waals surface area contributed by atoms with E-state index in [0.717, 1.165) is 24.2 Å². The molecule has 4 rings (SSSR count). The summed E-state index contributed by atoms with van der Waals surface area (Å²) in [5, 5.41) is 0. The predicted octanol–water partition coefficient (Wildman–Crippen LogP) is 6.51. The highest BCUT2D eigenvalue weighted by Crippen LogP contribution is 2.67. The second-order valence-corrected chi connectivity index (χ2v) is 11.2. The number of carbonyl (C=O) groups excluding carboxylic acids is 1. The third-order valence-corrected chi connectivity index (χ3v) is 10.1. The second kappa shape index (κ2) is 6.10. The monoisotopic (exact) mass is 344 g/mol. The summed E-state index contributed by atoms with van der Waals surface area (Å²) in [4.78, 5) is 13.1. The summed E-state index contributed by atoms with van der Waals surface area (Å²) < 4.78 is 0. The van der Waals surface area contributed by atoms with E-state index in [2.05, 4.69) is 34.6 Å². The summed E-state index contributed by atoms with van der Waals surface area (Å²) in [6.07, 6.45) is 12.3. The summed E-state index contributed by atoms with van der Waals surface area (Å²) >= 11 is 0. The Kier molecular flexibility index (Phi) is 4.40. The van der Waals surface area contributed by atoms with Gasteiger partial charge in [0.05, 0.1) is 0 Å². The smallest absolute Gasteiger partial charge is 0.137 e. The molecule has 0 aromatic rings. The Hall–Kier alpha value is -0.330. The fourth-order valence-corrected chi connectivity index (χ4v) is 8.40. The van der Waals surface area contributed by atoms with Crippen LogP contribution in [0.3, 0.4) is 0 Å². The van der Waals surface area contributed by atoms with Crippen LogP contribution in [0.25, 0.3) is 0 Å². The first-order valence-corrected chi connectivity index (χ1v) is 11.3. The Morgan fingerprint density at radius 3 is 2.36 bits per heavy atom. The summed E-state index contributed by atoms with van der Waals surface area (Å²) in [5.41, 5.74) is 0.882. The SMILES string of the molecule is CC(C)C(C)C1C(=O)CC2C3CCC4CCCCC4(C)C3CCC21C. The number of rotatable bonds is 2. The highest BCUT2D eigenvalue weighted by Gasteiger charge is 2.62. The highest BCUT2D eigenvalue weighted by molar-refractivity contribution is 5.85. The number of carbonyl (C=O) groups is 1. The van der Waals surface area contributed by atoms with Gasteiger partial charge in [0, 0.05) is 12.3 Å². The van der Waals surface area contributed by atoms with E-state index in [1.54, 1.807) is 0 Å². The van der Waals surface area contributed by atoms with Crippen LogP contribution in [-0.4, -0.2) is 5.78 Å². The van der Waals surface area contributed by atoms with Gasteiger partial charge in [-0.1, -0.05) is 47.5 Å². The first kappa shape index (κ1) is 18.1. The first-order valence-electron chi connectivity index (χ1n) is 11.3. The van der Waals surface area contributed by atoms with Crippen molar-refractivity contribution in [1.29, 1.82) is 0 Å². The molecule has 4 aliphatic rings. The van der Waals surface area contributed by atoms with Gasteiger partial charge < -0.3 is 0 Å². The third kappa shape index (κ3) is 2.50. The molecular weight excluding hydrogens is 304 g/mol.